The van der Waals surface area contributed by atoms with Crippen LogP contribution in [0.5, 0.6) is 0 Å². The fourth-order valence-corrected chi connectivity index (χ4v) is 4.11. The molecular weight excluding hydrogens is 372 g/mol. The SMILES string of the molecule is CCOCC1CCCC1(COCCCCOC1CC1)OCCOCOC1CCC1. The Bertz CT molecular complexity index is 426. The number of hydrogen-bond donors (Lipinski definition) is 0. The molecule has 2 unspecified atom stereocenters. The van der Waals surface area contributed by atoms with Crippen LogP contribution in [-0.4, -0.2) is 70.9 Å². The van der Waals surface area contributed by atoms with Gasteiger partial charge in [0.05, 0.1) is 44.2 Å². The zero-order chi connectivity index (χ0) is 20.2. The topological polar surface area (TPSA) is 55.4 Å². The third kappa shape index (κ3) is 8.42. The number of unbranched alkanes of at least 4 members (excludes halogenated alkanes) is 1. The van der Waals surface area contributed by atoms with E-state index >= 15 is 0 Å². The highest BCUT2D eigenvalue weighted by Gasteiger charge is 2.44. The lowest BCUT2D eigenvalue weighted by atomic mass is 9.92. The predicted octanol–water partition coefficient (Wildman–Crippen LogP) is 4.10. The van der Waals surface area contributed by atoms with Crippen molar-refractivity contribution in [2.75, 3.05) is 53.0 Å². The molecule has 3 fully saturated rings. The maximum atomic E-state index is 6.40. The van der Waals surface area contributed by atoms with Crippen LogP contribution in [0.25, 0.3) is 0 Å². The lowest BCUT2D eigenvalue weighted by molar-refractivity contribution is -0.160. The molecule has 0 aromatic heterocycles. The molecule has 0 spiro atoms. The summed E-state index contributed by atoms with van der Waals surface area (Å²) in [5.74, 6) is 0.395. The van der Waals surface area contributed by atoms with Crippen molar-refractivity contribution in [3.63, 3.8) is 0 Å². The summed E-state index contributed by atoms with van der Waals surface area (Å²) in [5.41, 5.74) is -0.238. The van der Waals surface area contributed by atoms with Crippen molar-refractivity contribution in [3.8, 4) is 0 Å². The molecule has 0 heterocycles. The summed E-state index contributed by atoms with van der Waals surface area (Å²) < 4.78 is 35.2. The molecule has 6 heteroatoms. The van der Waals surface area contributed by atoms with Gasteiger partial charge in [-0.2, -0.15) is 0 Å². The van der Waals surface area contributed by atoms with E-state index in [9.17, 15) is 0 Å². The molecule has 0 amide bonds. The van der Waals surface area contributed by atoms with Crippen LogP contribution in [0.4, 0.5) is 0 Å². The average molecular weight is 415 g/mol. The number of rotatable bonds is 18. The molecule has 170 valence electrons. The molecule has 3 aliphatic carbocycles. The summed E-state index contributed by atoms with van der Waals surface area (Å²) in [5, 5.41) is 0. The van der Waals surface area contributed by atoms with Gasteiger partial charge in [-0.15, -0.1) is 0 Å². The highest BCUT2D eigenvalue weighted by Crippen LogP contribution is 2.39. The van der Waals surface area contributed by atoms with Crippen LogP contribution in [0.3, 0.4) is 0 Å². The largest absolute Gasteiger partial charge is 0.381 e. The molecule has 0 bridgehead atoms. The van der Waals surface area contributed by atoms with E-state index in [1.165, 1.54) is 38.5 Å². The molecule has 0 aliphatic heterocycles. The van der Waals surface area contributed by atoms with Crippen LogP contribution in [0, 0.1) is 5.92 Å². The van der Waals surface area contributed by atoms with Crippen molar-refractivity contribution in [2.24, 2.45) is 5.92 Å². The van der Waals surface area contributed by atoms with Gasteiger partial charge in [-0.3, -0.25) is 0 Å². The Balaban J connectivity index is 1.32. The van der Waals surface area contributed by atoms with E-state index in [1.807, 2.05) is 6.92 Å². The zero-order valence-corrected chi connectivity index (χ0v) is 18.4. The van der Waals surface area contributed by atoms with Gasteiger partial charge in [0.2, 0.25) is 0 Å². The van der Waals surface area contributed by atoms with E-state index in [4.69, 9.17) is 28.4 Å². The average Bonchev–Trinajstić information content (AvgIpc) is 3.43. The van der Waals surface area contributed by atoms with E-state index < -0.39 is 0 Å². The monoisotopic (exact) mass is 414 g/mol. The normalized spacial score (nSPS) is 27.4. The van der Waals surface area contributed by atoms with E-state index in [1.54, 1.807) is 0 Å². The predicted molar refractivity (Wildman–Crippen MR) is 111 cm³/mol. The van der Waals surface area contributed by atoms with Crippen molar-refractivity contribution in [3.05, 3.63) is 0 Å². The molecule has 3 aliphatic rings. The Morgan fingerprint density at radius 3 is 2.34 bits per heavy atom. The molecule has 29 heavy (non-hydrogen) atoms. The maximum Gasteiger partial charge on any atom is 0.147 e. The van der Waals surface area contributed by atoms with E-state index in [0.717, 1.165) is 52.1 Å². The minimum atomic E-state index is -0.238. The first-order chi connectivity index (χ1) is 14.3. The summed E-state index contributed by atoms with van der Waals surface area (Å²) in [7, 11) is 0. The Labute approximate surface area is 176 Å². The van der Waals surface area contributed by atoms with Crippen LogP contribution in [0.2, 0.25) is 0 Å². The lowest BCUT2D eigenvalue weighted by Gasteiger charge is -2.35. The minimum absolute atomic E-state index is 0.238. The minimum Gasteiger partial charge on any atom is -0.381 e. The quantitative estimate of drug-likeness (QED) is 0.249. The van der Waals surface area contributed by atoms with Crippen molar-refractivity contribution in [1.29, 1.82) is 0 Å². The van der Waals surface area contributed by atoms with Gasteiger partial charge in [-0.05, 0) is 64.7 Å². The Kier molecular flexibility index (Phi) is 10.7. The van der Waals surface area contributed by atoms with Gasteiger partial charge in [-0.1, -0.05) is 6.42 Å². The van der Waals surface area contributed by atoms with Gasteiger partial charge < -0.3 is 28.4 Å². The second-order valence-corrected chi connectivity index (χ2v) is 8.74. The highest BCUT2D eigenvalue weighted by atomic mass is 16.7. The van der Waals surface area contributed by atoms with Crippen LogP contribution in [-0.2, 0) is 28.4 Å². The highest BCUT2D eigenvalue weighted by molar-refractivity contribution is 4.94. The van der Waals surface area contributed by atoms with Crippen molar-refractivity contribution in [1.82, 2.24) is 0 Å². The first-order valence-corrected chi connectivity index (χ1v) is 11.9. The van der Waals surface area contributed by atoms with Gasteiger partial charge >= 0.3 is 0 Å². The summed E-state index contributed by atoms with van der Waals surface area (Å²) in [4.78, 5) is 0. The van der Waals surface area contributed by atoms with Gasteiger partial charge in [0.1, 0.15) is 6.79 Å². The summed E-state index contributed by atoms with van der Waals surface area (Å²) in [6.07, 6.45) is 12.5. The second-order valence-electron chi connectivity index (χ2n) is 8.74. The third-order valence-electron chi connectivity index (χ3n) is 6.38. The lowest BCUT2D eigenvalue weighted by Crippen LogP contribution is -2.44. The first-order valence-electron chi connectivity index (χ1n) is 11.9. The molecule has 3 rings (SSSR count). The van der Waals surface area contributed by atoms with Crippen molar-refractivity contribution >= 4 is 0 Å². The molecule has 3 saturated carbocycles. The Morgan fingerprint density at radius 1 is 0.759 bits per heavy atom. The Morgan fingerprint density at radius 2 is 1.59 bits per heavy atom. The van der Waals surface area contributed by atoms with Gasteiger partial charge in [0, 0.05) is 25.7 Å². The fraction of sp³-hybridized carbons (Fsp3) is 1.00. The second kappa shape index (κ2) is 13.2. The standard InChI is InChI=1S/C23H42O6/c1-2-24-17-20-7-6-12-23(20,18-25-13-3-4-14-27-22-10-11-22)29-16-15-26-19-28-21-8-5-9-21/h20-22H,2-19H2,1H3. The maximum absolute atomic E-state index is 6.40. The van der Waals surface area contributed by atoms with Crippen molar-refractivity contribution < 1.29 is 28.4 Å². The fourth-order valence-electron chi connectivity index (χ4n) is 4.11. The Hall–Kier alpha value is -0.240. The molecule has 0 radical (unpaired) electrons. The van der Waals surface area contributed by atoms with Gasteiger partial charge in [0.25, 0.3) is 0 Å². The molecule has 6 nitrogen and oxygen atoms in total. The first kappa shape index (κ1) is 23.4. The van der Waals surface area contributed by atoms with E-state index in [-0.39, 0.29) is 5.60 Å². The molecule has 0 saturated heterocycles. The summed E-state index contributed by atoms with van der Waals surface area (Å²) in [6, 6.07) is 0. The van der Waals surface area contributed by atoms with Crippen LogP contribution in [0.15, 0.2) is 0 Å². The van der Waals surface area contributed by atoms with Gasteiger partial charge in [0.15, 0.2) is 0 Å². The number of ether oxygens (including phenoxy) is 6. The summed E-state index contributed by atoms with van der Waals surface area (Å²) >= 11 is 0. The molecule has 0 N–H and O–H groups in total. The van der Waals surface area contributed by atoms with Gasteiger partial charge in [-0.25, -0.2) is 0 Å². The molecule has 2 atom stereocenters. The smallest absolute Gasteiger partial charge is 0.147 e. The third-order valence-corrected chi connectivity index (χ3v) is 6.38. The molecule has 0 aromatic carbocycles. The van der Waals surface area contributed by atoms with Crippen molar-refractivity contribution in [2.45, 2.75) is 88.9 Å². The summed E-state index contributed by atoms with van der Waals surface area (Å²) in [6.45, 7) is 7.35. The number of hydrogen-bond acceptors (Lipinski definition) is 6. The van der Waals surface area contributed by atoms with Crippen LogP contribution < -0.4 is 0 Å². The van der Waals surface area contributed by atoms with Crippen LogP contribution in [0.1, 0.15) is 71.1 Å². The molecule has 0 aromatic rings. The van der Waals surface area contributed by atoms with E-state index in [0.29, 0.717) is 44.7 Å². The van der Waals surface area contributed by atoms with E-state index in [2.05, 4.69) is 0 Å². The zero-order valence-electron chi connectivity index (χ0n) is 18.4. The van der Waals surface area contributed by atoms with Crippen LogP contribution >= 0.6 is 0 Å². The molecular formula is C23H42O6.